The molecule has 34 heavy (non-hydrogen) atoms. The lowest BCUT2D eigenvalue weighted by atomic mass is 9.92. The maximum Gasteiger partial charge on any atom is 0.322 e. The third kappa shape index (κ3) is 4.06. The molecule has 0 radical (unpaired) electrons. The van der Waals surface area contributed by atoms with Crippen LogP contribution in [0.3, 0.4) is 0 Å². The Bertz CT molecular complexity index is 1190. The van der Waals surface area contributed by atoms with Gasteiger partial charge in [-0.25, -0.2) is 19.0 Å². The number of halogens is 2. The van der Waals surface area contributed by atoms with Gasteiger partial charge in [-0.05, 0) is 63.0 Å². The van der Waals surface area contributed by atoms with Crippen LogP contribution in [0.1, 0.15) is 43.8 Å². The Morgan fingerprint density at radius 3 is 2.56 bits per heavy atom. The molecule has 3 fully saturated rings. The number of hydrogen-bond donors (Lipinski definition) is 1. The van der Waals surface area contributed by atoms with Gasteiger partial charge < -0.3 is 15.0 Å². The average molecular weight is 484 g/mol. The van der Waals surface area contributed by atoms with E-state index in [0.717, 1.165) is 37.4 Å². The largest absolute Gasteiger partial charge is 0.424 e. The van der Waals surface area contributed by atoms with Crippen molar-refractivity contribution in [2.75, 3.05) is 23.3 Å². The molecule has 0 amide bonds. The van der Waals surface area contributed by atoms with Gasteiger partial charge in [0.2, 0.25) is 5.95 Å². The minimum atomic E-state index is -0.476. The summed E-state index contributed by atoms with van der Waals surface area (Å²) >= 11 is 5.94. The molecule has 2 saturated carbocycles. The predicted molar refractivity (Wildman–Crippen MR) is 127 cm³/mol. The lowest BCUT2D eigenvalue weighted by Crippen LogP contribution is -2.48. The first-order valence-electron chi connectivity index (χ1n) is 11.9. The zero-order valence-electron chi connectivity index (χ0n) is 19.0. The molecule has 0 spiro atoms. The van der Waals surface area contributed by atoms with Gasteiger partial charge in [-0.15, -0.1) is 5.10 Å². The Morgan fingerprint density at radius 1 is 1.09 bits per heavy atom. The van der Waals surface area contributed by atoms with Crippen LogP contribution in [0.5, 0.6) is 11.8 Å². The molecule has 2 aliphatic carbocycles. The van der Waals surface area contributed by atoms with Crippen molar-refractivity contribution in [2.24, 2.45) is 11.8 Å². The first-order chi connectivity index (χ1) is 16.5. The molecule has 3 aromatic rings. The van der Waals surface area contributed by atoms with Crippen molar-refractivity contribution in [3.63, 3.8) is 0 Å². The Morgan fingerprint density at radius 2 is 1.88 bits per heavy atom. The SMILES string of the molecule is Cc1cc(N2C[C@H]3CC[C@@H](C2)[C@@H]3Nc2nc(Oc3ccc(F)c(Cl)c3)n(C3CCC3)n2)ncn1. The summed E-state index contributed by atoms with van der Waals surface area (Å²) in [5.74, 6) is 2.54. The standard InChI is InChI=1S/C24H27ClFN7O/c1-14-9-21(28-13-27-14)32-11-15-5-6-16(12-32)22(15)29-23-30-24(33(31-23)17-3-2-4-17)34-18-7-8-20(26)19(25)10-18/h7-10,13,15-17,22H,2-6,11-12H2,1H3,(H,29,31)/t15-,16+,22-. The van der Waals surface area contributed by atoms with E-state index in [1.54, 1.807) is 12.4 Å². The van der Waals surface area contributed by atoms with E-state index >= 15 is 0 Å². The number of aromatic nitrogens is 5. The lowest BCUT2D eigenvalue weighted by Gasteiger charge is -2.38. The van der Waals surface area contributed by atoms with Gasteiger partial charge in [-0.1, -0.05) is 11.6 Å². The Labute approximate surface area is 202 Å². The second kappa shape index (κ2) is 8.69. The van der Waals surface area contributed by atoms with Crippen LogP contribution < -0.4 is 15.0 Å². The van der Waals surface area contributed by atoms with E-state index < -0.39 is 5.82 Å². The van der Waals surface area contributed by atoms with Gasteiger partial charge in [0.05, 0.1) is 11.1 Å². The van der Waals surface area contributed by atoms with Gasteiger partial charge >= 0.3 is 6.01 Å². The normalized spacial score (nSPS) is 24.2. The van der Waals surface area contributed by atoms with E-state index in [9.17, 15) is 4.39 Å². The lowest BCUT2D eigenvalue weighted by molar-refractivity contribution is 0.258. The van der Waals surface area contributed by atoms with E-state index in [0.29, 0.717) is 35.6 Å². The maximum absolute atomic E-state index is 13.6. The fourth-order valence-corrected chi connectivity index (χ4v) is 5.53. The van der Waals surface area contributed by atoms with Gasteiger partial charge in [0.1, 0.15) is 23.7 Å². The summed E-state index contributed by atoms with van der Waals surface area (Å²) in [6.45, 7) is 3.90. The van der Waals surface area contributed by atoms with Crippen molar-refractivity contribution >= 4 is 23.4 Å². The molecule has 1 aliphatic heterocycles. The van der Waals surface area contributed by atoms with Crippen LogP contribution in [-0.4, -0.2) is 43.9 Å². The molecule has 0 unspecified atom stereocenters. The number of nitrogens with one attached hydrogen (secondary N) is 1. The summed E-state index contributed by atoms with van der Waals surface area (Å²) in [7, 11) is 0. The van der Waals surface area contributed by atoms with E-state index in [1.165, 1.54) is 31.4 Å². The second-order valence-corrected chi connectivity index (χ2v) is 10.0. The molecule has 3 aliphatic rings. The minimum Gasteiger partial charge on any atom is -0.424 e. The molecule has 6 rings (SSSR count). The average Bonchev–Trinajstić information content (AvgIpc) is 3.25. The quantitative estimate of drug-likeness (QED) is 0.527. The number of anilines is 2. The van der Waals surface area contributed by atoms with Crippen molar-refractivity contribution in [3.05, 3.63) is 47.1 Å². The Hall–Kier alpha value is -2.94. The molecule has 1 aromatic carbocycles. The fraction of sp³-hybridized carbons (Fsp3) is 0.500. The molecule has 10 heteroatoms. The number of nitrogens with zero attached hydrogens (tertiary/aromatic N) is 6. The van der Waals surface area contributed by atoms with Crippen molar-refractivity contribution in [1.82, 2.24) is 24.7 Å². The smallest absolute Gasteiger partial charge is 0.322 e. The summed E-state index contributed by atoms with van der Waals surface area (Å²) < 4.78 is 21.4. The highest BCUT2D eigenvalue weighted by Crippen LogP contribution is 2.41. The zero-order valence-corrected chi connectivity index (χ0v) is 19.7. The van der Waals surface area contributed by atoms with Crippen LogP contribution >= 0.6 is 11.6 Å². The summed E-state index contributed by atoms with van der Waals surface area (Å²) in [6, 6.07) is 7.37. The Balaban J connectivity index is 1.20. The number of aryl methyl sites for hydroxylation is 1. The van der Waals surface area contributed by atoms with Gasteiger partial charge in [-0.3, -0.25) is 0 Å². The molecule has 1 N–H and O–H groups in total. The molecule has 8 nitrogen and oxygen atoms in total. The van der Waals surface area contributed by atoms with Crippen molar-refractivity contribution < 1.29 is 9.13 Å². The van der Waals surface area contributed by atoms with Gasteiger partial charge in [0.15, 0.2) is 0 Å². The van der Waals surface area contributed by atoms with Crippen molar-refractivity contribution in [3.8, 4) is 11.8 Å². The molecule has 3 atom stereocenters. The molecule has 3 heterocycles. The van der Waals surface area contributed by atoms with E-state index in [4.69, 9.17) is 21.4 Å². The third-order valence-electron chi connectivity index (χ3n) is 7.36. The minimum absolute atomic E-state index is 0.0211. The zero-order chi connectivity index (χ0) is 23.2. The number of fused-ring (bicyclic) bond motifs is 2. The summed E-state index contributed by atoms with van der Waals surface area (Å²) in [6.07, 6.45) is 7.24. The summed E-state index contributed by atoms with van der Waals surface area (Å²) in [5.41, 5.74) is 0.985. The topological polar surface area (TPSA) is 81.0 Å². The van der Waals surface area contributed by atoms with Crippen LogP contribution in [0.25, 0.3) is 0 Å². The summed E-state index contributed by atoms with van der Waals surface area (Å²) in [5, 5.41) is 8.43. The number of hydrogen-bond acceptors (Lipinski definition) is 7. The van der Waals surface area contributed by atoms with Gasteiger partial charge in [0.25, 0.3) is 0 Å². The van der Waals surface area contributed by atoms with E-state index in [1.807, 2.05) is 11.6 Å². The monoisotopic (exact) mass is 483 g/mol. The van der Waals surface area contributed by atoms with Crippen LogP contribution in [0.15, 0.2) is 30.6 Å². The number of piperidine rings is 1. The maximum atomic E-state index is 13.6. The van der Waals surface area contributed by atoms with Crippen molar-refractivity contribution in [2.45, 2.75) is 51.1 Å². The van der Waals surface area contributed by atoms with Gasteiger partial charge in [0, 0.05) is 37.0 Å². The molecule has 1 saturated heterocycles. The van der Waals surface area contributed by atoms with E-state index in [-0.39, 0.29) is 11.1 Å². The number of ether oxygens (including phenoxy) is 1. The van der Waals surface area contributed by atoms with E-state index in [2.05, 4.69) is 31.2 Å². The number of rotatable bonds is 6. The molecule has 178 valence electrons. The predicted octanol–water partition coefficient (Wildman–Crippen LogP) is 5.01. The first kappa shape index (κ1) is 21.6. The highest BCUT2D eigenvalue weighted by molar-refractivity contribution is 6.30. The second-order valence-electron chi connectivity index (χ2n) is 9.62. The molecule has 2 aromatic heterocycles. The molecular weight excluding hydrogens is 457 g/mol. The Kier molecular flexibility index (Phi) is 5.51. The van der Waals surface area contributed by atoms with Crippen LogP contribution in [0.2, 0.25) is 5.02 Å². The van der Waals surface area contributed by atoms with Crippen molar-refractivity contribution in [1.29, 1.82) is 0 Å². The molecular formula is C24H27ClFN7O. The molecule has 2 bridgehead atoms. The highest BCUT2D eigenvalue weighted by Gasteiger charge is 2.43. The fourth-order valence-electron chi connectivity index (χ4n) is 5.36. The highest BCUT2D eigenvalue weighted by atomic mass is 35.5. The summed E-state index contributed by atoms with van der Waals surface area (Å²) in [4.78, 5) is 15.8. The van der Waals surface area contributed by atoms with Crippen LogP contribution in [-0.2, 0) is 0 Å². The number of benzene rings is 1. The third-order valence-corrected chi connectivity index (χ3v) is 7.65. The first-order valence-corrected chi connectivity index (χ1v) is 12.3. The van der Waals surface area contributed by atoms with Crippen LogP contribution in [0.4, 0.5) is 16.2 Å². The van der Waals surface area contributed by atoms with Gasteiger partial charge in [-0.2, -0.15) is 4.98 Å². The van der Waals surface area contributed by atoms with Crippen LogP contribution in [0, 0.1) is 24.6 Å².